The topological polar surface area (TPSA) is 73.8 Å². The van der Waals surface area contributed by atoms with Crippen LogP contribution in [0.4, 0.5) is 5.95 Å². The van der Waals surface area contributed by atoms with E-state index in [1.54, 1.807) is 12.1 Å². The standard InChI is InChI=1S/C10H9ClN4O/c1-6-2-3-7(11)8(4-6)15-5-13-9(12)14-10(15)16/h2-5H,1H3,(H2,12,14,16). The first kappa shape index (κ1) is 10.6. The quantitative estimate of drug-likeness (QED) is 0.807. The maximum Gasteiger partial charge on any atom is 0.356 e. The van der Waals surface area contributed by atoms with Crippen LogP contribution in [0.1, 0.15) is 5.56 Å². The van der Waals surface area contributed by atoms with Crippen molar-refractivity contribution >= 4 is 17.5 Å². The zero-order valence-corrected chi connectivity index (χ0v) is 9.27. The zero-order valence-electron chi connectivity index (χ0n) is 8.51. The van der Waals surface area contributed by atoms with Gasteiger partial charge in [-0.05, 0) is 24.6 Å². The third-order valence-corrected chi connectivity index (χ3v) is 2.40. The molecular formula is C10H9ClN4O. The Morgan fingerprint density at radius 2 is 2.19 bits per heavy atom. The Bertz CT molecular complexity index is 594. The predicted molar refractivity (Wildman–Crippen MR) is 61.8 cm³/mol. The molecule has 2 rings (SSSR count). The lowest BCUT2D eigenvalue weighted by Crippen LogP contribution is -2.23. The molecule has 82 valence electrons. The summed E-state index contributed by atoms with van der Waals surface area (Å²) in [6.45, 7) is 1.91. The molecule has 0 amide bonds. The lowest BCUT2D eigenvalue weighted by molar-refractivity contribution is 0.867. The summed E-state index contributed by atoms with van der Waals surface area (Å²) in [7, 11) is 0. The van der Waals surface area contributed by atoms with Crippen molar-refractivity contribution in [1.82, 2.24) is 14.5 Å². The van der Waals surface area contributed by atoms with Crippen LogP contribution in [0.3, 0.4) is 0 Å². The number of anilines is 1. The Balaban J connectivity index is 2.67. The van der Waals surface area contributed by atoms with E-state index in [1.165, 1.54) is 10.9 Å². The van der Waals surface area contributed by atoms with Crippen LogP contribution < -0.4 is 11.4 Å². The average Bonchev–Trinajstić information content (AvgIpc) is 2.22. The van der Waals surface area contributed by atoms with Gasteiger partial charge in [0, 0.05) is 0 Å². The Hall–Kier alpha value is -1.88. The van der Waals surface area contributed by atoms with Crippen molar-refractivity contribution < 1.29 is 0 Å². The van der Waals surface area contributed by atoms with Crippen molar-refractivity contribution in [3.8, 4) is 5.69 Å². The van der Waals surface area contributed by atoms with Gasteiger partial charge in [0.15, 0.2) is 0 Å². The number of aryl methyl sites for hydroxylation is 1. The fourth-order valence-corrected chi connectivity index (χ4v) is 1.53. The molecule has 0 unspecified atom stereocenters. The van der Waals surface area contributed by atoms with Gasteiger partial charge in [-0.1, -0.05) is 17.7 Å². The van der Waals surface area contributed by atoms with Gasteiger partial charge in [0.2, 0.25) is 5.95 Å². The molecule has 0 aliphatic rings. The van der Waals surface area contributed by atoms with Gasteiger partial charge in [0.05, 0.1) is 10.7 Å². The second-order valence-corrected chi connectivity index (χ2v) is 3.73. The van der Waals surface area contributed by atoms with Crippen LogP contribution >= 0.6 is 11.6 Å². The maximum atomic E-state index is 11.6. The normalized spacial score (nSPS) is 10.4. The summed E-state index contributed by atoms with van der Waals surface area (Å²) in [5.74, 6) is -0.0509. The molecule has 0 aliphatic heterocycles. The molecule has 0 saturated heterocycles. The van der Waals surface area contributed by atoms with E-state index < -0.39 is 5.69 Å². The van der Waals surface area contributed by atoms with Crippen LogP contribution in [-0.4, -0.2) is 14.5 Å². The highest BCUT2D eigenvalue weighted by atomic mass is 35.5. The Labute approximate surface area is 96.5 Å². The minimum absolute atomic E-state index is 0.0509. The highest BCUT2D eigenvalue weighted by Crippen LogP contribution is 2.19. The van der Waals surface area contributed by atoms with Crippen molar-refractivity contribution in [2.24, 2.45) is 0 Å². The Morgan fingerprint density at radius 3 is 2.88 bits per heavy atom. The van der Waals surface area contributed by atoms with Gasteiger partial charge in [0.1, 0.15) is 6.33 Å². The van der Waals surface area contributed by atoms with Crippen LogP contribution in [0, 0.1) is 6.92 Å². The molecule has 6 heteroatoms. The second kappa shape index (κ2) is 3.94. The van der Waals surface area contributed by atoms with E-state index in [0.717, 1.165) is 5.56 Å². The highest BCUT2D eigenvalue weighted by Gasteiger charge is 2.06. The van der Waals surface area contributed by atoms with Gasteiger partial charge in [0.25, 0.3) is 0 Å². The SMILES string of the molecule is Cc1ccc(Cl)c(-n2cnc(N)nc2=O)c1. The smallest absolute Gasteiger partial charge is 0.356 e. The van der Waals surface area contributed by atoms with Crippen molar-refractivity contribution in [2.45, 2.75) is 6.92 Å². The molecule has 1 aromatic heterocycles. The molecule has 1 aromatic carbocycles. The van der Waals surface area contributed by atoms with Crippen molar-refractivity contribution in [3.63, 3.8) is 0 Å². The number of nitrogen functional groups attached to an aromatic ring is 1. The molecule has 2 aromatic rings. The minimum Gasteiger partial charge on any atom is -0.368 e. The third-order valence-electron chi connectivity index (χ3n) is 2.08. The summed E-state index contributed by atoms with van der Waals surface area (Å²) in [6, 6.07) is 5.35. The van der Waals surface area contributed by atoms with E-state index in [9.17, 15) is 4.79 Å². The van der Waals surface area contributed by atoms with E-state index in [4.69, 9.17) is 17.3 Å². The number of nitrogens with zero attached hydrogens (tertiary/aromatic N) is 3. The van der Waals surface area contributed by atoms with Crippen molar-refractivity contribution in [1.29, 1.82) is 0 Å². The summed E-state index contributed by atoms with van der Waals surface area (Å²) in [6.07, 6.45) is 1.31. The van der Waals surface area contributed by atoms with E-state index in [0.29, 0.717) is 10.7 Å². The van der Waals surface area contributed by atoms with Gasteiger partial charge in [-0.3, -0.25) is 0 Å². The lowest BCUT2D eigenvalue weighted by Gasteiger charge is -2.07. The van der Waals surface area contributed by atoms with Crippen LogP contribution in [0.2, 0.25) is 5.02 Å². The zero-order chi connectivity index (χ0) is 11.7. The molecule has 0 fully saturated rings. The summed E-state index contributed by atoms with van der Waals surface area (Å²) in [5, 5.41) is 0.459. The summed E-state index contributed by atoms with van der Waals surface area (Å²) in [5.41, 5.74) is 6.34. The number of halogens is 1. The molecule has 16 heavy (non-hydrogen) atoms. The van der Waals surface area contributed by atoms with E-state index in [2.05, 4.69) is 9.97 Å². The first-order chi connectivity index (χ1) is 7.58. The van der Waals surface area contributed by atoms with Crippen molar-refractivity contribution in [2.75, 3.05) is 5.73 Å². The number of hydrogen-bond donors (Lipinski definition) is 1. The molecule has 0 saturated carbocycles. The average molecular weight is 237 g/mol. The fourth-order valence-electron chi connectivity index (χ4n) is 1.32. The first-order valence-electron chi connectivity index (χ1n) is 4.55. The molecule has 5 nitrogen and oxygen atoms in total. The summed E-state index contributed by atoms with van der Waals surface area (Å²) in [4.78, 5) is 18.9. The number of benzene rings is 1. The molecule has 2 N–H and O–H groups in total. The molecule has 0 radical (unpaired) electrons. The van der Waals surface area contributed by atoms with Crippen molar-refractivity contribution in [3.05, 3.63) is 45.6 Å². The first-order valence-corrected chi connectivity index (χ1v) is 4.93. The van der Waals surface area contributed by atoms with E-state index >= 15 is 0 Å². The lowest BCUT2D eigenvalue weighted by atomic mass is 10.2. The van der Waals surface area contributed by atoms with Crippen LogP contribution in [0.5, 0.6) is 0 Å². The number of aromatic nitrogens is 3. The largest absolute Gasteiger partial charge is 0.368 e. The summed E-state index contributed by atoms with van der Waals surface area (Å²) < 4.78 is 1.26. The Kier molecular flexibility index (Phi) is 2.62. The van der Waals surface area contributed by atoms with Gasteiger partial charge >= 0.3 is 5.69 Å². The highest BCUT2D eigenvalue weighted by molar-refractivity contribution is 6.32. The molecule has 0 spiro atoms. The monoisotopic (exact) mass is 236 g/mol. The van der Waals surface area contributed by atoms with Crippen LogP contribution in [-0.2, 0) is 0 Å². The predicted octanol–water partition coefficient (Wildman–Crippen LogP) is 1.17. The van der Waals surface area contributed by atoms with E-state index in [1.807, 2.05) is 13.0 Å². The number of hydrogen-bond acceptors (Lipinski definition) is 4. The Morgan fingerprint density at radius 1 is 1.44 bits per heavy atom. The minimum atomic E-state index is -0.500. The fraction of sp³-hybridized carbons (Fsp3) is 0.100. The van der Waals surface area contributed by atoms with Gasteiger partial charge in [-0.15, -0.1) is 0 Å². The third kappa shape index (κ3) is 1.90. The second-order valence-electron chi connectivity index (χ2n) is 3.32. The molecule has 0 atom stereocenters. The van der Waals surface area contributed by atoms with Gasteiger partial charge < -0.3 is 5.73 Å². The van der Waals surface area contributed by atoms with Gasteiger partial charge in [-0.25, -0.2) is 14.3 Å². The molecule has 1 heterocycles. The maximum absolute atomic E-state index is 11.6. The van der Waals surface area contributed by atoms with Gasteiger partial charge in [-0.2, -0.15) is 4.98 Å². The molecule has 0 aliphatic carbocycles. The van der Waals surface area contributed by atoms with Crippen LogP contribution in [0.15, 0.2) is 29.3 Å². The summed E-state index contributed by atoms with van der Waals surface area (Å²) >= 11 is 6.00. The number of nitrogens with two attached hydrogens (primary N) is 1. The van der Waals surface area contributed by atoms with Crippen LogP contribution in [0.25, 0.3) is 5.69 Å². The molecular weight excluding hydrogens is 228 g/mol. The molecule has 0 bridgehead atoms. The van der Waals surface area contributed by atoms with E-state index in [-0.39, 0.29) is 5.95 Å². The number of rotatable bonds is 1.